The highest BCUT2D eigenvalue weighted by molar-refractivity contribution is 9.10. The van der Waals surface area contributed by atoms with E-state index in [2.05, 4.69) is 26.2 Å². The van der Waals surface area contributed by atoms with Crippen LogP contribution in [-0.4, -0.2) is 15.3 Å². The molecule has 0 fully saturated rings. The molecule has 1 N–H and O–H groups in total. The molecule has 3 rings (SSSR count). The van der Waals surface area contributed by atoms with E-state index >= 15 is 0 Å². The van der Waals surface area contributed by atoms with E-state index in [4.69, 9.17) is 0 Å². The number of carbonyl (C=O) groups is 1. The van der Waals surface area contributed by atoms with Gasteiger partial charge in [0.05, 0.1) is 10.2 Å². The number of hydrogen-bond acceptors (Lipinski definition) is 2. The summed E-state index contributed by atoms with van der Waals surface area (Å²) in [5, 5.41) is 2.32. The summed E-state index contributed by atoms with van der Waals surface area (Å²) < 4.78 is 30.0. The smallest absolute Gasteiger partial charge is 0.274 e. The number of hydrogen-bond donors (Lipinski definition) is 1. The summed E-state index contributed by atoms with van der Waals surface area (Å²) in [4.78, 5) is 17.1. The molecule has 0 aliphatic carbocycles. The van der Waals surface area contributed by atoms with Crippen LogP contribution in [0.3, 0.4) is 0 Å². The number of nitrogens with one attached hydrogen (secondary N) is 1. The molecule has 0 saturated heterocycles. The van der Waals surface area contributed by atoms with Crippen LogP contribution in [0.4, 0.5) is 14.5 Å². The number of imidazole rings is 1. The van der Waals surface area contributed by atoms with Gasteiger partial charge in [-0.15, -0.1) is 0 Å². The number of para-hydroxylation sites is 1. The van der Waals surface area contributed by atoms with Crippen LogP contribution < -0.4 is 5.32 Å². The van der Waals surface area contributed by atoms with Gasteiger partial charge in [0.1, 0.15) is 23.0 Å². The van der Waals surface area contributed by atoms with Gasteiger partial charge >= 0.3 is 0 Å². The highest BCUT2D eigenvalue weighted by atomic mass is 79.9. The summed E-state index contributed by atoms with van der Waals surface area (Å²) in [6.45, 7) is 3.75. The standard InChI is InChI=1S/C17H14BrF2N3O/c1-3-13-15(23-8-9(2)7-10(18)16(23)21-13)17(24)22-14-11(19)5-4-6-12(14)20/h4-8H,3H2,1-2H3,(H,22,24). The van der Waals surface area contributed by atoms with E-state index in [0.717, 1.165) is 22.2 Å². The van der Waals surface area contributed by atoms with Crippen molar-refractivity contribution < 1.29 is 13.6 Å². The highest BCUT2D eigenvalue weighted by Crippen LogP contribution is 2.25. The molecule has 124 valence electrons. The first-order chi connectivity index (χ1) is 11.4. The first-order valence-corrected chi connectivity index (χ1v) is 8.14. The van der Waals surface area contributed by atoms with Crippen LogP contribution in [0.25, 0.3) is 5.65 Å². The summed E-state index contributed by atoms with van der Waals surface area (Å²) in [6.07, 6.45) is 2.27. The third-order valence-electron chi connectivity index (χ3n) is 3.64. The lowest BCUT2D eigenvalue weighted by atomic mass is 10.2. The SMILES string of the molecule is CCc1nc2c(Br)cc(C)cn2c1C(=O)Nc1c(F)cccc1F. The molecule has 3 aromatic rings. The molecule has 0 aliphatic rings. The molecule has 7 heteroatoms. The fourth-order valence-corrected chi connectivity index (χ4v) is 3.20. The molecule has 0 aliphatic heterocycles. The van der Waals surface area contributed by atoms with Crippen LogP contribution in [0, 0.1) is 18.6 Å². The molecule has 24 heavy (non-hydrogen) atoms. The van der Waals surface area contributed by atoms with Crippen LogP contribution in [-0.2, 0) is 6.42 Å². The maximum atomic E-state index is 13.8. The second kappa shape index (κ2) is 6.32. The zero-order valence-corrected chi connectivity index (χ0v) is 14.6. The van der Waals surface area contributed by atoms with Crippen LogP contribution in [0.1, 0.15) is 28.7 Å². The van der Waals surface area contributed by atoms with Crippen molar-refractivity contribution in [2.24, 2.45) is 0 Å². The van der Waals surface area contributed by atoms with Gasteiger partial charge in [-0.05, 0) is 53.0 Å². The van der Waals surface area contributed by atoms with E-state index in [-0.39, 0.29) is 5.69 Å². The first-order valence-electron chi connectivity index (χ1n) is 7.34. The van der Waals surface area contributed by atoms with E-state index in [1.54, 1.807) is 10.6 Å². The Morgan fingerprint density at radius 3 is 2.62 bits per heavy atom. The molecule has 0 unspecified atom stereocenters. The Bertz CT molecular complexity index is 932. The van der Waals surface area contributed by atoms with Crippen molar-refractivity contribution in [2.75, 3.05) is 5.32 Å². The number of benzene rings is 1. The van der Waals surface area contributed by atoms with E-state index < -0.39 is 23.2 Å². The molecular weight excluding hydrogens is 380 g/mol. The minimum absolute atomic E-state index is 0.263. The molecule has 0 bridgehead atoms. The number of pyridine rings is 1. The Morgan fingerprint density at radius 1 is 1.33 bits per heavy atom. The fourth-order valence-electron chi connectivity index (χ4n) is 2.56. The van der Waals surface area contributed by atoms with Gasteiger partial charge in [0, 0.05) is 6.20 Å². The van der Waals surface area contributed by atoms with Gasteiger partial charge in [-0.3, -0.25) is 9.20 Å². The van der Waals surface area contributed by atoms with Gasteiger partial charge in [0.15, 0.2) is 5.65 Å². The number of anilines is 1. The van der Waals surface area contributed by atoms with E-state index in [1.165, 1.54) is 6.07 Å². The van der Waals surface area contributed by atoms with E-state index in [1.807, 2.05) is 19.9 Å². The second-order valence-corrected chi connectivity index (χ2v) is 6.22. The lowest BCUT2D eigenvalue weighted by Gasteiger charge is -2.09. The number of nitrogens with zero attached hydrogens (tertiary/aromatic N) is 2. The summed E-state index contributed by atoms with van der Waals surface area (Å²) in [6, 6.07) is 5.32. The lowest BCUT2D eigenvalue weighted by Crippen LogP contribution is -2.18. The number of aryl methyl sites for hydroxylation is 2. The van der Waals surface area contributed by atoms with Gasteiger partial charge in [0.2, 0.25) is 0 Å². The monoisotopic (exact) mass is 393 g/mol. The van der Waals surface area contributed by atoms with Crippen molar-refractivity contribution in [3.05, 3.63) is 63.5 Å². The zero-order valence-electron chi connectivity index (χ0n) is 13.0. The van der Waals surface area contributed by atoms with Crippen molar-refractivity contribution in [2.45, 2.75) is 20.3 Å². The number of rotatable bonds is 3. The minimum Gasteiger partial charge on any atom is -0.316 e. The first kappa shape index (κ1) is 16.6. The number of amides is 1. The second-order valence-electron chi connectivity index (χ2n) is 5.37. The Hall–Kier alpha value is -2.28. The third kappa shape index (κ3) is 2.80. The van der Waals surface area contributed by atoms with Crippen LogP contribution in [0.2, 0.25) is 0 Å². The quantitative estimate of drug-likeness (QED) is 0.711. The Labute approximate surface area is 145 Å². The van der Waals surface area contributed by atoms with Crippen molar-refractivity contribution in [1.82, 2.24) is 9.38 Å². The molecule has 0 saturated carbocycles. The molecule has 2 heterocycles. The van der Waals surface area contributed by atoms with Gasteiger partial charge in [-0.25, -0.2) is 13.8 Å². The van der Waals surface area contributed by atoms with E-state index in [0.29, 0.717) is 17.8 Å². The predicted octanol–water partition coefficient (Wildman–Crippen LogP) is 4.50. The maximum Gasteiger partial charge on any atom is 0.274 e. The zero-order chi connectivity index (χ0) is 17.4. The third-order valence-corrected chi connectivity index (χ3v) is 4.22. The maximum absolute atomic E-state index is 13.8. The van der Waals surface area contributed by atoms with Gasteiger partial charge in [-0.1, -0.05) is 13.0 Å². The fraction of sp³-hybridized carbons (Fsp3) is 0.176. The van der Waals surface area contributed by atoms with Gasteiger partial charge in [-0.2, -0.15) is 0 Å². The molecule has 2 aromatic heterocycles. The molecule has 1 aromatic carbocycles. The molecule has 4 nitrogen and oxygen atoms in total. The summed E-state index contributed by atoms with van der Waals surface area (Å²) in [5.41, 5.74) is 1.85. The Morgan fingerprint density at radius 2 is 2.00 bits per heavy atom. The van der Waals surface area contributed by atoms with Gasteiger partial charge in [0.25, 0.3) is 5.91 Å². The number of carbonyl (C=O) groups excluding carboxylic acids is 1. The van der Waals surface area contributed by atoms with Crippen LogP contribution >= 0.6 is 15.9 Å². The van der Waals surface area contributed by atoms with Crippen molar-refractivity contribution >= 4 is 33.2 Å². The van der Waals surface area contributed by atoms with Crippen molar-refractivity contribution in [3.63, 3.8) is 0 Å². The van der Waals surface area contributed by atoms with Gasteiger partial charge < -0.3 is 5.32 Å². The number of aromatic nitrogens is 2. The normalized spacial score (nSPS) is 11.0. The number of fused-ring (bicyclic) bond motifs is 1. The van der Waals surface area contributed by atoms with Crippen molar-refractivity contribution in [1.29, 1.82) is 0 Å². The molecule has 0 radical (unpaired) electrons. The average molecular weight is 394 g/mol. The molecule has 1 amide bonds. The van der Waals surface area contributed by atoms with E-state index in [9.17, 15) is 13.6 Å². The number of halogens is 3. The Kier molecular flexibility index (Phi) is 4.36. The highest BCUT2D eigenvalue weighted by Gasteiger charge is 2.22. The van der Waals surface area contributed by atoms with Crippen molar-refractivity contribution in [3.8, 4) is 0 Å². The summed E-state index contributed by atoms with van der Waals surface area (Å²) in [7, 11) is 0. The minimum atomic E-state index is -0.826. The van der Waals surface area contributed by atoms with Crippen LogP contribution in [0.15, 0.2) is 34.9 Å². The summed E-state index contributed by atoms with van der Waals surface area (Å²) >= 11 is 3.43. The molecule has 0 spiro atoms. The molecular formula is C17H14BrF2N3O. The lowest BCUT2D eigenvalue weighted by molar-refractivity contribution is 0.101. The Balaban J connectivity index is 2.13. The summed E-state index contributed by atoms with van der Waals surface area (Å²) in [5.74, 6) is -2.26. The topological polar surface area (TPSA) is 46.4 Å². The average Bonchev–Trinajstić information content (AvgIpc) is 2.89. The van der Waals surface area contributed by atoms with Crippen LogP contribution in [0.5, 0.6) is 0 Å². The predicted molar refractivity (Wildman–Crippen MR) is 91.3 cm³/mol. The molecule has 0 atom stereocenters. The largest absolute Gasteiger partial charge is 0.316 e.